The Hall–Kier alpha value is -1.38. The van der Waals surface area contributed by atoms with E-state index in [9.17, 15) is 0 Å². The lowest BCUT2D eigenvalue weighted by molar-refractivity contribution is 0.242. The smallest absolute Gasteiger partial charge is 0.0449 e. The molecule has 2 heteroatoms. The highest BCUT2D eigenvalue weighted by atomic mass is 15.1. The standard InChI is InChI=1S/C19H28N2/c1-5-12-20-19(14-21(4)15(2)3)18-11-10-16-8-6-7-9-17(16)13-18/h6-11,13,15,19-20H,5,12,14H2,1-4H3. The fraction of sp³-hybridized carbons (Fsp3) is 0.474. The maximum atomic E-state index is 3.69. The van der Waals surface area contributed by atoms with Gasteiger partial charge in [0.25, 0.3) is 0 Å². The molecule has 0 heterocycles. The second kappa shape index (κ2) is 7.58. The molecule has 0 saturated heterocycles. The van der Waals surface area contributed by atoms with E-state index >= 15 is 0 Å². The molecule has 0 aliphatic carbocycles. The van der Waals surface area contributed by atoms with Crippen molar-refractivity contribution in [3.05, 3.63) is 48.0 Å². The van der Waals surface area contributed by atoms with Crippen LogP contribution in [0.3, 0.4) is 0 Å². The van der Waals surface area contributed by atoms with Crippen LogP contribution >= 0.6 is 0 Å². The SMILES string of the molecule is CCCNC(CN(C)C(C)C)c1ccc2ccccc2c1. The van der Waals surface area contributed by atoms with Crippen molar-refractivity contribution < 1.29 is 0 Å². The summed E-state index contributed by atoms with van der Waals surface area (Å²) >= 11 is 0. The van der Waals surface area contributed by atoms with E-state index in [1.165, 1.54) is 16.3 Å². The Balaban J connectivity index is 2.24. The zero-order chi connectivity index (χ0) is 15.2. The lowest BCUT2D eigenvalue weighted by Gasteiger charge is -2.28. The molecule has 2 aromatic rings. The highest BCUT2D eigenvalue weighted by Gasteiger charge is 2.15. The molecule has 2 nitrogen and oxygen atoms in total. The largest absolute Gasteiger partial charge is 0.309 e. The van der Waals surface area contributed by atoms with E-state index in [0.717, 1.165) is 19.5 Å². The van der Waals surface area contributed by atoms with Crippen LogP contribution in [0.2, 0.25) is 0 Å². The lowest BCUT2D eigenvalue weighted by Crippen LogP contribution is -2.36. The van der Waals surface area contributed by atoms with Crippen LogP contribution in [-0.2, 0) is 0 Å². The van der Waals surface area contributed by atoms with E-state index in [1.54, 1.807) is 0 Å². The summed E-state index contributed by atoms with van der Waals surface area (Å²) in [5.74, 6) is 0. The van der Waals surface area contributed by atoms with Gasteiger partial charge in [0.1, 0.15) is 0 Å². The van der Waals surface area contributed by atoms with E-state index in [-0.39, 0.29) is 0 Å². The summed E-state index contributed by atoms with van der Waals surface area (Å²) in [5.41, 5.74) is 1.38. The Bertz CT molecular complexity index is 562. The van der Waals surface area contributed by atoms with Crippen molar-refractivity contribution in [2.75, 3.05) is 20.1 Å². The topological polar surface area (TPSA) is 15.3 Å². The van der Waals surface area contributed by atoms with Crippen LogP contribution in [0, 0.1) is 0 Å². The Labute approximate surface area is 129 Å². The van der Waals surface area contributed by atoms with Gasteiger partial charge in [0.05, 0.1) is 0 Å². The fourth-order valence-electron chi connectivity index (χ4n) is 2.53. The number of fused-ring (bicyclic) bond motifs is 1. The van der Waals surface area contributed by atoms with Gasteiger partial charge in [-0.05, 0) is 56.3 Å². The molecule has 0 radical (unpaired) electrons. The number of likely N-dealkylation sites (N-methyl/N-ethyl adjacent to an activating group) is 1. The maximum Gasteiger partial charge on any atom is 0.0449 e. The zero-order valence-corrected chi connectivity index (χ0v) is 13.8. The predicted octanol–water partition coefficient (Wildman–Crippen LogP) is 4.22. The van der Waals surface area contributed by atoms with Gasteiger partial charge in [0, 0.05) is 18.6 Å². The molecule has 0 amide bonds. The molecule has 2 aromatic carbocycles. The highest BCUT2D eigenvalue weighted by molar-refractivity contribution is 5.83. The van der Waals surface area contributed by atoms with Crippen LogP contribution in [0.4, 0.5) is 0 Å². The molecular weight excluding hydrogens is 256 g/mol. The third-order valence-electron chi connectivity index (χ3n) is 4.17. The Kier molecular flexibility index (Phi) is 5.77. The van der Waals surface area contributed by atoms with Crippen LogP contribution in [0.25, 0.3) is 10.8 Å². The lowest BCUT2D eigenvalue weighted by atomic mass is 10.0. The molecule has 0 aliphatic heterocycles. The van der Waals surface area contributed by atoms with Crippen molar-refractivity contribution in [3.8, 4) is 0 Å². The van der Waals surface area contributed by atoms with Crippen LogP contribution in [0.5, 0.6) is 0 Å². The molecule has 0 fully saturated rings. The number of hydrogen-bond donors (Lipinski definition) is 1. The van der Waals surface area contributed by atoms with E-state index in [0.29, 0.717) is 12.1 Å². The third kappa shape index (κ3) is 4.29. The first-order valence-electron chi connectivity index (χ1n) is 8.04. The second-order valence-corrected chi connectivity index (χ2v) is 6.15. The van der Waals surface area contributed by atoms with Crippen LogP contribution < -0.4 is 5.32 Å². The highest BCUT2D eigenvalue weighted by Crippen LogP contribution is 2.21. The number of nitrogens with zero attached hydrogens (tertiary/aromatic N) is 1. The second-order valence-electron chi connectivity index (χ2n) is 6.15. The molecule has 0 bridgehead atoms. The summed E-state index contributed by atoms with van der Waals surface area (Å²) in [5, 5.41) is 6.33. The van der Waals surface area contributed by atoms with Crippen molar-refractivity contribution in [3.63, 3.8) is 0 Å². The van der Waals surface area contributed by atoms with Crippen molar-refractivity contribution in [2.24, 2.45) is 0 Å². The Morgan fingerprint density at radius 3 is 2.43 bits per heavy atom. The molecule has 1 unspecified atom stereocenters. The maximum absolute atomic E-state index is 3.69. The van der Waals surface area contributed by atoms with Gasteiger partial charge in [-0.25, -0.2) is 0 Å². The minimum atomic E-state index is 0.391. The van der Waals surface area contributed by atoms with Crippen LogP contribution in [0.15, 0.2) is 42.5 Å². The Morgan fingerprint density at radius 2 is 1.76 bits per heavy atom. The Morgan fingerprint density at radius 1 is 1.05 bits per heavy atom. The van der Waals surface area contributed by atoms with Crippen LogP contribution in [-0.4, -0.2) is 31.1 Å². The van der Waals surface area contributed by atoms with Crippen LogP contribution in [0.1, 0.15) is 38.8 Å². The van der Waals surface area contributed by atoms with E-state index < -0.39 is 0 Å². The first kappa shape index (κ1) is 16.0. The van der Waals surface area contributed by atoms with E-state index in [4.69, 9.17) is 0 Å². The number of hydrogen-bond acceptors (Lipinski definition) is 2. The molecule has 0 spiro atoms. The first-order chi connectivity index (χ1) is 10.1. The predicted molar refractivity (Wildman–Crippen MR) is 92.7 cm³/mol. The minimum Gasteiger partial charge on any atom is -0.309 e. The summed E-state index contributed by atoms with van der Waals surface area (Å²) in [6.07, 6.45) is 1.16. The quantitative estimate of drug-likeness (QED) is 0.819. The minimum absolute atomic E-state index is 0.391. The van der Waals surface area contributed by atoms with E-state index in [2.05, 4.69) is 80.5 Å². The van der Waals surface area contributed by atoms with Gasteiger partial charge in [-0.15, -0.1) is 0 Å². The zero-order valence-electron chi connectivity index (χ0n) is 13.8. The molecular formula is C19H28N2. The van der Waals surface area contributed by atoms with Gasteiger partial charge in [-0.2, -0.15) is 0 Å². The van der Waals surface area contributed by atoms with Crippen molar-refractivity contribution in [2.45, 2.75) is 39.3 Å². The van der Waals surface area contributed by atoms with Gasteiger partial charge in [-0.1, -0.05) is 43.3 Å². The van der Waals surface area contributed by atoms with Crippen molar-refractivity contribution >= 4 is 10.8 Å². The average molecular weight is 284 g/mol. The molecule has 2 rings (SSSR count). The van der Waals surface area contributed by atoms with Crippen molar-refractivity contribution in [1.82, 2.24) is 10.2 Å². The summed E-state index contributed by atoms with van der Waals surface area (Å²) in [7, 11) is 2.20. The first-order valence-corrected chi connectivity index (χ1v) is 8.04. The van der Waals surface area contributed by atoms with Gasteiger partial charge < -0.3 is 10.2 Å². The molecule has 114 valence electrons. The average Bonchev–Trinajstić information content (AvgIpc) is 2.50. The third-order valence-corrected chi connectivity index (χ3v) is 4.17. The summed E-state index contributed by atoms with van der Waals surface area (Å²) in [6, 6.07) is 16.4. The van der Waals surface area contributed by atoms with Gasteiger partial charge in [0.2, 0.25) is 0 Å². The molecule has 0 aliphatic rings. The molecule has 1 atom stereocenters. The molecule has 0 saturated carbocycles. The molecule has 1 N–H and O–H groups in total. The molecule has 21 heavy (non-hydrogen) atoms. The monoisotopic (exact) mass is 284 g/mol. The summed E-state index contributed by atoms with van der Waals surface area (Å²) in [6.45, 7) is 8.81. The normalized spacial score (nSPS) is 13.2. The molecule has 0 aromatic heterocycles. The van der Waals surface area contributed by atoms with Gasteiger partial charge in [0.15, 0.2) is 0 Å². The van der Waals surface area contributed by atoms with Gasteiger partial charge in [-0.3, -0.25) is 0 Å². The number of nitrogens with one attached hydrogen (secondary N) is 1. The summed E-state index contributed by atoms with van der Waals surface area (Å²) < 4.78 is 0. The summed E-state index contributed by atoms with van der Waals surface area (Å²) in [4.78, 5) is 2.41. The number of rotatable bonds is 7. The number of benzene rings is 2. The van der Waals surface area contributed by atoms with Crippen molar-refractivity contribution in [1.29, 1.82) is 0 Å². The van der Waals surface area contributed by atoms with Gasteiger partial charge >= 0.3 is 0 Å². The van der Waals surface area contributed by atoms with E-state index in [1.807, 2.05) is 0 Å². The fourth-order valence-corrected chi connectivity index (χ4v) is 2.53.